The van der Waals surface area contributed by atoms with Gasteiger partial charge in [0.2, 0.25) is 0 Å². The molecule has 130 valence electrons. The van der Waals surface area contributed by atoms with E-state index in [0.29, 0.717) is 36.0 Å². The number of azo groups is 1. The van der Waals surface area contributed by atoms with Crippen molar-refractivity contribution in [1.82, 2.24) is 4.90 Å². The lowest BCUT2D eigenvalue weighted by Crippen LogP contribution is -2.18. The molecule has 7 heteroatoms. The number of aliphatic imine (C=N–C) groups is 2. The van der Waals surface area contributed by atoms with Crippen molar-refractivity contribution in [2.45, 2.75) is 19.8 Å². The van der Waals surface area contributed by atoms with Gasteiger partial charge >= 0.3 is 0 Å². The average Bonchev–Trinajstić information content (AvgIpc) is 3.03. The fraction of sp³-hybridized carbons (Fsp3) is 0.389. The lowest BCUT2D eigenvalue weighted by molar-refractivity contribution is -0.114. The SMILES string of the molecule is CCC1=C2C(=O)N=C(c3ccc(OCCCN(C)C)cc3)N=C2N=N1. The summed E-state index contributed by atoms with van der Waals surface area (Å²) in [5.41, 5.74) is 1.82. The molecular formula is C18H21N5O2. The largest absolute Gasteiger partial charge is 0.494 e. The minimum Gasteiger partial charge on any atom is -0.494 e. The third-order valence-electron chi connectivity index (χ3n) is 3.88. The molecule has 0 aliphatic carbocycles. The molecule has 1 amide bonds. The standard InChI is InChI=1S/C18H21N5O2/c1-4-14-15-17(22-21-14)19-16(20-18(15)24)12-6-8-13(9-7-12)25-11-5-10-23(2)3/h6-9H,4-5,10-11H2,1-3H3. The van der Waals surface area contributed by atoms with Crippen molar-refractivity contribution < 1.29 is 9.53 Å². The van der Waals surface area contributed by atoms with E-state index in [4.69, 9.17) is 4.74 Å². The number of hydrogen-bond donors (Lipinski definition) is 0. The van der Waals surface area contributed by atoms with Crippen LogP contribution in [0.5, 0.6) is 5.75 Å². The molecule has 0 N–H and O–H groups in total. The van der Waals surface area contributed by atoms with Gasteiger partial charge in [0, 0.05) is 12.1 Å². The molecule has 0 radical (unpaired) electrons. The first-order chi connectivity index (χ1) is 12.1. The minimum atomic E-state index is -0.328. The smallest absolute Gasteiger partial charge is 0.284 e. The van der Waals surface area contributed by atoms with Gasteiger partial charge in [-0.1, -0.05) is 6.92 Å². The van der Waals surface area contributed by atoms with Crippen LogP contribution in [0.1, 0.15) is 25.3 Å². The molecule has 3 rings (SSSR count). The number of benzene rings is 1. The molecule has 2 heterocycles. The molecule has 0 saturated carbocycles. The van der Waals surface area contributed by atoms with Crippen LogP contribution in [0.15, 0.2) is 55.7 Å². The lowest BCUT2D eigenvalue weighted by atomic mass is 10.1. The Hall–Kier alpha value is -2.67. The molecule has 0 spiro atoms. The maximum Gasteiger partial charge on any atom is 0.284 e. The Bertz CT molecular complexity index is 788. The Morgan fingerprint density at radius 1 is 1.04 bits per heavy atom. The second-order valence-electron chi connectivity index (χ2n) is 6.08. The Morgan fingerprint density at radius 3 is 2.48 bits per heavy atom. The normalized spacial score (nSPS) is 16.2. The topological polar surface area (TPSA) is 79.0 Å². The van der Waals surface area contributed by atoms with Crippen molar-refractivity contribution in [3.63, 3.8) is 0 Å². The molecule has 0 atom stereocenters. The number of carbonyl (C=O) groups is 1. The van der Waals surface area contributed by atoms with Crippen molar-refractivity contribution in [2.24, 2.45) is 20.2 Å². The van der Waals surface area contributed by atoms with Crippen molar-refractivity contribution >= 4 is 17.6 Å². The Balaban J connectivity index is 1.68. The van der Waals surface area contributed by atoms with E-state index in [0.717, 1.165) is 24.3 Å². The summed E-state index contributed by atoms with van der Waals surface area (Å²) in [5, 5.41) is 7.99. The number of hydrogen-bond acceptors (Lipinski definition) is 6. The molecule has 1 aromatic rings. The number of ether oxygens (including phenoxy) is 1. The van der Waals surface area contributed by atoms with Crippen LogP contribution in [-0.2, 0) is 4.79 Å². The molecular weight excluding hydrogens is 318 g/mol. The summed E-state index contributed by atoms with van der Waals surface area (Å²) in [6.45, 7) is 3.57. The first-order valence-corrected chi connectivity index (χ1v) is 8.33. The number of amides is 1. The fourth-order valence-electron chi connectivity index (χ4n) is 2.56. The minimum absolute atomic E-state index is 0.328. The zero-order valence-corrected chi connectivity index (χ0v) is 14.7. The summed E-state index contributed by atoms with van der Waals surface area (Å²) >= 11 is 0. The highest BCUT2D eigenvalue weighted by molar-refractivity contribution is 6.31. The van der Waals surface area contributed by atoms with Crippen LogP contribution in [0.3, 0.4) is 0 Å². The van der Waals surface area contributed by atoms with Crippen LogP contribution in [0, 0.1) is 0 Å². The molecule has 0 aromatic heterocycles. The van der Waals surface area contributed by atoms with E-state index in [1.807, 2.05) is 45.3 Å². The van der Waals surface area contributed by atoms with Gasteiger partial charge in [-0.3, -0.25) is 4.79 Å². The second kappa shape index (κ2) is 7.48. The molecule has 0 fully saturated rings. The van der Waals surface area contributed by atoms with Crippen LogP contribution in [0.2, 0.25) is 0 Å². The molecule has 1 aromatic carbocycles. The Kier molecular flexibility index (Phi) is 5.14. The number of fused-ring (bicyclic) bond motifs is 1. The third kappa shape index (κ3) is 3.88. The molecule has 25 heavy (non-hydrogen) atoms. The lowest BCUT2D eigenvalue weighted by Gasteiger charge is -2.11. The van der Waals surface area contributed by atoms with E-state index in [1.165, 1.54) is 0 Å². The number of nitrogens with zero attached hydrogens (tertiary/aromatic N) is 5. The van der Waals surface area contributed by atoms with Gasteiger partial charge in [0.25, 0.3) is 5.91 Å². The van der Waals surface area contributed by atoms with Gasteiger partial charge in [-0.05, 0) is 51.2 Å². The van der Waals surface area contributed by atoms with Gasteiger partial charge in [0.1, 0.15) is 11.3 Å². The van der Waals surface area contributed by atoms with Crippen LogP contribution < -0.4 is 4.74 Å². The molecule has 2 aliphatic heterocycles. The van der Waals surface area contributed by atoms with E-state index in [-0.39, 0.29) is 5.91 Å². The van der Waals surface area contributed by atoms with Crippen molar-refractivity contribution in [1.29, 1.82) is 0 Å². The monoisotopic (exact) mass is 339 g/mol. The third-order valence-corrected chi connectivity index (χ3v) is 3.88. The van der Waals surface area contributed by atoms with Crippen LogP contribution in [-0.4, -0.2) is 49.7 Å². The summed E-state index contributed by atoms with van der Waals surface area (Å²) in [6, 6.07) is 7.41. The highest BCUT2D eigenvalue weighted by Gasteiger charge is 2.29. The quantitative estimate of drug-likeness (QED) is 0.717. The van der Waals surface area contributed by atoms with Gasteiger partial charge in [-0.15, -0.1) is 5.11 Å². The molecule has 0 saturated heterocycles. The average molecular weight is 339 g/mol. The van der Waals surface area contributed by atoms with E-state index in [1.54, 1.807) is 0 Å². The van der Waals surface area contributed by atoms with E-state index in [2.05, 4.69) is 25.1 Å². The number of carbonyl (C=O) groups excluding carboxylic acids is 1. The first kappa shape index (κ1) is 17.2. The Labute approximate surface area is 146 Å². The zero-order chi connectivity index (χ0) is 17.8. The van der Waals surface area contributed by atoms with Crippen molar-refractivity contribution in [2.75, 3.05) is 27.2 Å². The highest BCUT2D eigenvalue weighted by atomic mass is 16.5. The summed E-state index contributed by atoms with van der Waals surface area (Å²) < 4.78 is 5.71. The molecule has 2 aliphatic rings. The number of rotatable bonds is 7. The number of allylic oxidation sites excluding steroid dienone is 1. The van der Waals surface area contributed by atoms with Gasteiger partial charge < -0.3 is 9.64 Å². The molecule has 7 nitrogen and oxygen atoms in total. The molecule has 0 bridgehead atoms. The van der Waals surface area contributed by atoms with Crippen molar-refractivity contribution in [3.8, 4) is 5.75 Å². The summed E-state index contributed by atoms with van der Waals surface area (Å²) in [5.74, 6) is 1.17. The van der Waals surface area contributed by atoms with E-state index in [9.17, 15) is 4.79 Å². The van der Waals surface area contributed by atoms with Gasteiger partial charge in [0.05, 0.1) is 12.3 Å². The van der Waals surface area contributed by atoms with E-state index < -0.39 is 0 Å². The summed E-state index contributed by atoms with van der Waals surface area (Å²) in [7, 11) is 4.08. The van der Waals surface area contributed by atoms with E-state index >= 15 is 0 Å². The van der Waals surface area contributed by atoms with Gasteiger partial charge in [0.15, 0.2) is 11.7 Å². The van der Waals surface area contributed by atoms with Crippen molar-refractivity contribution in [3.05, 3.63) is 41.1 Å². The fourth-order valence-corrected chi connectivity index (χ4v) is 2.56. The summed E-state index contributed by atoms with van der Waals surface area (Å²) in [6.07, 6.45) is 1.60. The van der Waals surface area contributed by atoms with Gasteiger partial charge in [-0.2, -0.15) is 10.1 Å². The number of amidine groups is 2. The Morgan fingerprint density at radius 2 is 1.80 bits per heavy atom. The van der Waals surface area contributed by atoms with Crippen LogP contribution in [0.25, 0.3) is 0 Å². The van der Waals surface area contributed by atoms with Crippen LogP contribution in [0.4, 0.5) is 0 Å². The molecule has 0 unspecified atom stereocenters. The zero-order valence-electron chi connectivity index (χ0n) is 14.7. The first-order valence-electron chi connectivity index (χ1n) is 8.33. The summed E-state index contributed by atoms with van der Waals surface area (Å²) in [4.78, 5) is 22.8. The predicted octanol–water partition coefficient (Wildman–Crippen LogP) is 2.83. The predicted molar refractivity (Wildman–Crippen MR) is 96.3 cm³/mol. The maximum atomic E-state index is 12.3. The maximum absolute atomic E-state index is 12.3. The highest BCUT2D eigenvalue weighted by Crippen LogP contribution is 2.26. The second-order valence-corrected chi connectivity index (χ2v) is 6.08. The van der Waals surface area contributed by atoms with Gasteiger partial charge in [-0.25, -0.2) is 4.99 Å². The van der Waals surface area contributed by atoms with Crippen LogP contribution >= 0.6 is 0 Å².